The fourth-order valence-electron chi connectivity index (χ4n) is 2.14. The molecule has 0 amide bonds. The third kappa shape index (κ3) is 8.89. The Kier molecular flexibility index (Phi) is 11.5. The highest BCUT2D eigenvalue weighted by Gasteiger charge is 2.37. The molecule has 1 aliphatic rings. The highest BCUT2D eigenvalue weighted by molar-refractivity contribution is 5.95. The average molecular weight is 408 g/mol. The summed E-state index contributed by atoms with van der Waals surface area (Å²) >= 11 is 0. The van der Waals surface area contributed by atoms with E-state index in [0.717, 1.165) is 0 Å². The summed E-state index contributed by atoms with van der Waals surface area (Å²) < 4.78 is 4.31. The third-order valence-corrected chi connectivity index (χ3v) is 5.20. The summed E-state index contributed by atoms with van der Waals surface area (Å²) in [5, 5.41) is 16.7. The van der Waals surface area contributed by atoms with Crippen LogP contribution >= 0.6 is 0 Å². The van der Waals surface area contributed by atoms with Gasteiger partial charge in [-0.05, 0) is 17.9 Å². The minimum absolute atomic E-state index is 0.252. The van der Waals surface area contributed by atoms with Crippen LogP contribution in [-0.2, 0) is 23.9 Å². The number of carboxylic acids is 2. The quantitative estimate of drug-likeness (QED) is 0.559. The molecule has 29 heavy (non-hydrogen) atoms. The molecule has 1 aliphatic heterocycles. The Hall–Kier alpha value is -2.70. The topological polar surface area (TPSA) is 118 Å². The van der Waals surface area contributed by atoms with Crippen LogP contribution in [0, 0.1) is 23.7 Å². The van der Waals surface area contributed by atoms with Crippen LogP contribution in [0.15, 0.2) is 30.3 Å². The van der Waals surface area contributed by atoms with E-state index >= 15 is 0 Å². The van der Waals surface area contributed by atoms with Crippen LogP contribution in [0.1, 0.15) is 59.4 Å². The predicted octanol–water partition coefficient (Wildman–Crippen LogP) is 3.97. The van der Waals surface area contributed by atoms with Crippen molar-refractivity contribution in [2.45, 2.75) is 53.9 Å². The van der Waals surface area contributed by atoms with E-state index < -0.39 is 35.7 Å². The Balaban J connectivity index is 0.000000406. The van der Waals surface area contributed by atoms with Crippen LogP contribution in [0.5, 0.6) is 0 Å². The minimum Gasteiger partial charge on any atom is -0.481 e. The average Bonchev–Trinajstić information content (AvgIpc) is 2.93. The highest BCUT2D eigenvalue weighted by Crippen LogP contribution is 2.21. The molecule has 0 aromatic heterocycles. The normalized spacial score (nSPS) is 20.8. The zero-order chi connectivity index (χ0) is 22.7. The number of benzene rings is 1. The van der Waals surface area contributed by atoms with Gasteiger partial charge in [0, 0.05) is 0 Å². The maximum atomic E-state index is 10.6. The van der Waals surface area contributed by atoms with E-state index in [9.17, 15) is 19.2 Å². The van der Waals surface area contributed by atoms with Gasteiger partial charge in [-0.3, -0.25) is 19.2 Å². The lowest BCUT2D eigenvalue weighted by atomic mass is 9.97. The smallest absolute Gasteiger partial charge is 0.317 e. The maximum Gasteiger partial charge on any atom is 0.317 e. The summed E-state index contributed by atoms with van der Waals surface area (Å²) in [7, 11) is 0. The van der Waals surface area contributed by atoms with Gasteiger partial charge in [0.05, 0.1) is 23.7 Å². The molecule has 1 aromatic carbocycles. The van der Waals surface area contributed by atoms with Crippen molar-refractivity contribution in [1.29, 1.82) is 0 Å². The lowest BCUT2D eigenvalue weighted by Crippen LogP contribution is -2.24. The summed E-state index contributed by atoms with van der Waals surface area (Å²) in [6, 6.07) is 10.6. The molecule has 1 heterocycles. The van der Waals surface area contributed by atoms with Crippen LogP contribution in [0.25, 0.3) is 0 Å². The first kappa shape index (κ1) is 26.3. The number of ether oxygens (including phenoxy) is 1. The molecular formula is C22H32O7. The number of carbonyl (C=O) groups excluding carboxylic acids is 2. The predicted molar refractivity (Wildman–Crippen MR) is 108 cm³/mol. The number of hydrogen-bond donors (Lipinski definition) is 2. The number of esters is 2. The fraction of sp³-hybridized carbons (Fsp3) is 0.545. The highest BCUT2D eigenvalue weighted by atomic mass is 16.6. The second kappa shape index (κ2) is 12.7. The van der Waals surface area contributed by atoms with Crippen molar-refractivity contribution in [1.82, 2.24) is 0 Å². The number of carboxylic acid groups (broad SMARTS) is 2. The number of cyclic esters (lactones) is 2. The summed E-state index contributed by atoms with van der Waals surface area (Å²) in [5.74, 6) is -4.38. The first-order valence-corrected chi connectivity index (χ1v) is 9.69. The third-order valence-electron chi connectivity index (χ3n) is 5.20. The molecule has 7 heteroatoms. The Morgan fingerprint density at radius 1 is 0.897 bits per heavy atom. The molecule has 0 aliphatic carbocycles. The van der Waals surface area contributed by atoms with E-state index in [-0.39, 0.29) is 11.8 Å². The van der Waals surface area contributed by atoms with E-state index in [1.807, 2.05) is 0 Å². The van der Waals surface area contributed by atoms with E-state index in [1.54, 1.807) is 13.8 Å². The minimum atomic E-state index is -1.07. The van der Waals surface area contributed by atoms with Gasteiger partial charge in [-0.15, -0.1) is 0 Å². The van der Waals surface area contributed by atoms with Crippen molar-refractivity contribution in [2.24, 2.45) is 23.7 Å². The molecular weight excluding hydrogens is 376 g/mol. The SMILES string of the molecule is CC(C(=O)O)C(C)C(=O)O.CC1C(=O)OC(=O)C1C.CCC(C)c1ccccc1. The molecule has 2 N–H and O–H groups in total. The molecule has 0 bridgehead atoms. The van der Waals surface area contributed by atoms with Crippen LogP contribution < -0.4 is 0 Å². The van der Waals surface area contributed by atoms with E-state index in [1.165, 1.54) is 25.8 Å². The molecule has 5 unspecified atom stereocenters. The second-order valence-electron chi connectivity index (χ2n) is 7.29. The number of hydrogen-bond acceptors (Lipinski definition) is 5. The van der Waals surface area contributed by atoms with E-state index in [2.05, 4.69) is 48.9 Å². The lowest BCUT2D eigenvalue weighted by Gasteiger charge is -2.09. The Bertz CT molecular complexity index is 648. The lowest BCUT2D eigenvalue weighted by molar-refractivity contribution is -0.153. The Morgan fingerprint density at radius 2 is 1.28 bits per heavy atom. The summed E-state index contributed by atoms with van der Waals surface area (Å²) in [5.41, 5.74) is 1.45. The fourth-order valence-corrected chi connectivity index (χ4v) is 2.14. The Morgan fingerprint density at radius 3 is 1.52 bits per heavy atom. The maximum absolute atomic E-state index is 10.6. The molecule has 5 atom stereocenters. The molecule has 2 rings (SSSR count). The number of carbonyl (C=O) groups is 4. The van der Waals surface area contributed by atoms with Crippen LogP contribution in [0.3, 0.4) is 0 Å². The zero-order valence-electron chi connectivity index (χ0n) is 17.9. The van der Waals surface area contributed by atoms with Crippen molar-refractivity contribution in [2.75, 3.05) is 0 Å². The van der Waals surface area contributed by atoms with Gasteiger partial charge in [0.25, 0.3) is 0 Å². The molecule has 1 aromatic rings. The summed E-state index contributed by atoms with van der Waals surface area (Å²) in [4.78, 5) is 41.5. The number of rotatable bonds is 5. The van der Waals surface area contributed by atoms with Gasteiger partial charge >= 0.3 is 23.9 Å². The van der Waals surface area contributed by atoms with Crippen molar-refractivity contribution in [3.63, 3.8) is 0 Å². The van der Waals surface area contributed by atoms with Crippen molar-refractivity contribution in [3.8, 4) is 0 Å². The number of aliphatic carboxylic acids is 2. The molecule has 1 fully saturated rings. The van der Waals surface area contributed by atoms with Crippen molar-refractivity contribution < 1.29 is 34.1 Å². The molecule has 0 radical (unpaired) electrons. The van der Waals surface area contributed by atoms with Crippen molar-refractivity contribution >= 4 is 23.9 Å². The van der Waals surface area contributed by atoms with E-state index in [0.29, 0.717) is 5.92 Å². The largest absolute Gasteiger partial charge is 0.481 e. The van der Waals surface area contributed by atoms with Gasteiger partial charge in [-0.1, -0.05) is 71.9 Å². The first-order valence-electron chi connectivity index (χ1n) is 9.69. The van der Waals surface area contributed by atoms with Crippen LogP contribution in [0.4, 0.5) is 0 Å². The molecule has 0 saturated carbocycles. The second-order valence-corrected chi connectivity index (χ2v) is 7.29. The Labute approximate surface area is 172 Å². The molecule has 162 valence electrons. The monoisotopic (exact) mass is 408 g/mol. The molecule has 1 saturated heterocycles. The van der Waals surface area contributed by atoms with Gasteiger partial charge in [-0.2, -0.15) is 0 Å². The molecule has 7 nitrogen and oxygen atoms in total. The van der Waals surface area contributed by atoms with Gasteiger partial charge < -0.3 is 14.9 Å². The standard InChI is InChI=1S/C10H14.C6H10O4.C6H8O3/c1-3-9(2)10-7-5-4-6-8-10;1-3(5(7)8)4(2)6(9)10;1-3-4(2)6(8)9-5(3)7/h4-9H,3H2,1-2H3;3-4H,1-2H3,(H,7,8)(H,9,10);3-4H,1-2H3. The molecule has 0 spiro atoms. The summed E-state index contributed by atoms with van der Waals surface area (Å²) in [6.45, 7) is 10.6. The summed E-state index contributed by atoms with van der Waals surface area (Å²) in [6.07, 6.45) is 1.23. The van der Waals surface area contributed by atoms with Gasteiger partial charge in [0.2, 0.25) is 0 Å². The van der Waals surface area contributed by atoms with E-state index in [4.69, 9.17) is 10.2 Å². The van der Waals surface area contributed by atoms with Gasteiger partial charge in [0.1, 0.15) is 0 Å². The van der Waals surface area contributed by atoms with Gasteiger partial charge in [0.15, 0.2) is 0 Å². The van der Waals surface area contributed by atoms with Gasteiger partial charge in [-0.25, -0.2) is 0 Å². The first-order chi connectivity index (χ1) is 13.4. The van der Waals surface area contributed by atoms with Crippen LogP contribution in [0.2, 0.25) is 0 Å². The van der Waals surface area contributed by atoms with Crippen LogP contribution in [-0.4, -0.2) is 34.1 Å². The van der Waals surface area contributed by atoms with Crippen molar-refractivity contribution in [3.05, 3.63) is 35.9 Å². The zero-order valence-corrected chi connectivity index (χ0v) is 17.9.